The second-order valence-corrected chi connectivity index (χ2v) is 4.81. The Morgan fingerprint density at radius 3 is 2.78 bits per heavy atom. The molecule has 0 aliphatic carbocycles. The average Bonchev–Trinajstić information content (AvgIpc) is 2.70. The van der Waals surface area contributed by atoms with Gasteiger partial charge in [0, 0.05) is 12.1 Å². The SMILES string of the molecule is Cc1ccc(NC(=S)NC2CCOC2=O)cc1C. The largest absolute Gasteiger partial charge is 0.464 e. The number of carbonyl (C=O) groups excluding carboxylic acids is 1. The predicted molar refractivity (Wildman–Crippen MR) is 74.6 cm³/mol. The Kier molecular flexibility index (Phi) is 3.81. The van der Waals surface area contributed by atoms with E-state index in [4.69, 9.17) is 17.0 Å². The summed E-state index contributed by atoms with van der Waals surface area (Å²) >= 11 is 5.17. The van der Waals surface area contributed by atoms with Crippen molar-refractivity contribution in [1.82, 2.24) is 5.32 Å². The van der Waals surface area contributed by atoms with Gasteiger partial charge in [-0.3, -0.25) is 0 Å². The number of aryl methyl sites for hydroxylation is 2. The molecule has 0 saturated carbocycles. The summed E-state index contributed by atoms with van der Waals surface area (Å²) in [6, 6.07) is 5.69. The number of cyclic esters (lactones) is 1. The molecule has 2 rings (SSSR count). The fourth-order valence-corrected chi connectivity index (χ4v) is 2.03. The highest BCUT2D eigenvalue weighted by molar-refractivity contribution is 7.80. The molecule has 0 radical (unpaired) electrons. The number of thiocarbonyl (C=S) groups is 1. The zero-order valence-corrected chi connectivity index (χ0v) is 11.3. The van der Waals surface area contributed by atoms with Gasteiger partial charge in [-0.05, 0) is 49.3 Å². The molecule has 0 bridgehead atoms. The van der Waals surface area contributed by atoms with E-state index in [0.717, 1.165) is 5.69 Å². The molecule has 0 spiro atoms. The smallest absolute Gasteiger partial charge is 0.328 e. The number of hydrogen-bond donors (Lipinski definition) is 2. The monoisotopic (exact) mass is 264 g/mol. The van der Waals surface area contributed by atoms with Crippen LogP contribution in [0.5, 0.6) is 0 Å². The molecule has 4 nitrogen and oxygen atoms in total. The van der Waals surface area contributed by atoms with Crippen LogP contribution in [-0.2, 0) is 9.53 Å². The molecule has 5 heteroatoms. The van der Waals surface area contributed by atoms with E-state index in [9.17, 15) is 4.79 Å². The number of esters is 1. The maximum absolute atomic E-state index is 11.3. The van der Waals surface area contributed by atoms with Crippen molar-refractivity contribution in [2.24, 2.45) is 0 Å². The molecule has 1 saturated heterocycles. The fraction of sp³-hybridized carbons (Fsp3) is 0.385. The predicted octanol–water partition coefficient (Wildman–Crippen LogP) is 1.91. The summed E-state index contributed by atoms with van der Waals surface area (Å²) in [4.78, 5) is 11.3. The number of carbonyl (C=O) groups is 1. The van der Waals surface area contributed by atoms with Gasteiger partial charge in [0.1, 0.15) is 6.04 Å². The third kappa shape index (κ3) is 2.98. The lowest BCUT2D eigenvalue weighted by Crippen LogP contribution is -2.40. The lowest BCUT2D eigenvalue weighted by molar-refractivity contribution is -0.139. The number of rotatable bonds is 2. The number of hydrogen-bond acceptors (Lipinski definition) is 3. The second kappa shape index (κ2) is 5.35. The lowest BCUT2D eigenvalue weighted by Gasteiger charge is -2.14. The van der Waals surface area contributed by atoms with E-state index in [1.54, 1.807) is 0 Å². The molecule has 0 amide bonds. The van der Waals surface area contributed by atoms with Gasteiger partial charge in [0.25, 0.3) is 0 Å². The van der Waals surface area contributed by atoms with Crippen molar-refractivity contribution in [3.8, 4) is 0 Å². The molecule has 18 heavy (non-hydrogen) atoms. The Morgan fingerprint density at radius 1 is 1.39 bits per heavy atom. The Hall–Kier alpha value is -1.62. The minimum Gasteiger partial charge on any atom is -0.464 e. The summed E-state index contributed by atoms with van der Waals surface area (Å²) < 4.78 is 4.86. The van der Waals surface area contributed by atoms with Gasteiger partial charge < -0.3 is 15.4 Å². The topological polar surface area (TPSA) is 50.4 Å². The van der Waals surface area contributed by atoms with E-state index in [1.165, 1.54) is 11.1 Å². The standard InChI is InChI=1S/C13H16N2O2S/c1-8-3-4-10(7-9(8)2)14-13(18)15-11-5-6-17-12(11)16/h3-4,7,11H,5-6H2,1-2H3,(H2,14,15,18). The maximum atomic E-state index is 11.3. The Bertz CT molecular complexity index is 488. The molecule has 1 heterocycles. The van der Waals surface area contributed by atoms with Crippen LogP contribution in [-0.4, -0.2) is 23.7 Å². The number of ether oxygens (including phenoxy) is 1. The van der Waals surface area contributed by atoms with Gasteiger partial charge in [-0.25, -0.2) is 4.79 Å². The highest BCUT2D eigenvalue weighted by Gasteiger charge is 2.26. The van der Waals surface area contributed by atoms with Crippen molar-refractivity contribution in [3.63, 3.8) is 0 Å². The fourth-order valence-electron chi connectivity index (χ4n) is 1.77. The van der Waals surface area contributed by atoms with Crippen molar-refractivity contribution in [2.75, 3.05) is 11.9 Å². The van der Waals surface area contributed by atoms with Crippen LogP contribution in [0, 0.1) is 13.8 Å². The Morgan fingerprint density at radius 2 is 2.17 bits per heavy atom. The van der Waals surface area contributed by atoms with E-state index in [-0.39, 0.29) is 12.0 Å². The molecule has 1 aromatic rings. The third-order valence-electron chi connectivity index (χ3n) is 3.01. The maximum Gasteiger partial charge on any atom is 0.328 e. The first-order chi connectivity index (χ1) is 8.56. The molecule has 1 aliphatic rings. The zero-order chi connectivity index (χ0) is 13.1. The van der Waals surface area contributed by atoms with E-state index >= 15 is 0 Å². The molecular formula is C13H16N2O2S. The first-order valence-corrected chi connectivity index (χ1v) is 6.28. The summed E-state index contributed by atoms with van der Waals surface area (Å²) in [5.74, 6) is -0.237. The van der Waals surface area contributed by atoms with Crippen LogP contribution in [0.4, 0.5) is 5.69 Å². The van der Waals surface area contributed by atoms with Gasteiger partial charge >= 0.3 is 5.97 Å². The quantitative estimate of drug-likeness (QED) is 0.631. The number of benzene rings is 1. The first-order valence-electron chi connectivity index (χ1n) is 5.87. The van der Waals surface area contributed by atoms with Gasteiger partial charge in [-0.15, -0.1) is 0 Å². The van der Waals surface area contributed by atoms with Gasteiger partial charge in [0.2, 0.25) is 0 Å². The molecule has 1 fully saturated rings. The van der Waals surface area contributed by atoms with Crippen LogP contribution in [0.2, 0.25) is 0 Å². The molecule has 2 N–H and O–H groups in total. The van der Waals surface area contributed by atoms with Crippen molar-refractivity contribution in [2.45, 2.75) is 26.3 Å². The van der Waals surface area contributed by atoms with Crippen molar-refractivity contribution < 1.29 is 9.53 Å². The number of nitrogens with one attached hydrogen (secondary N) is 2. The van der Waals surface area contributed by atoms with Crippen LogP contribution in [0.25, 0.3) is 0 Å². The molecule has 1 aromatic carbocycles. The zero-order valence-electron chi connectivity index (χ0n) is 10.4. The van der Waals surface area contributed by atoms with E-state index in [0.29, 0.717) is 18.1 Å². The summed E-state index contributed by atoms with van der Waals surface area (Å²) in [7, 11) is 0. The van der Waals surface area contributed by atoms with Crippen molar-refractivity contribution in [1.29, 1.82) is 0 Å². The highest BCUT2D eigenvalue weighted by Crippen LogP contribution is 2.14. The van der Waals surface area contributed by atoms with Crippen LogP contribution in [0.15, 0.2) is 18.2 Å². The minimum atomic E-state index is -0.323. The molecule has 1 unspecified atom stereocenters. The summed E-state index contributed by atoms with van der Waals surface area (Å²) in [5, 5.41) is 6.47. The number of anilines is 1. The molecule has 0 aromatic heterocycles. The summed E-state index contributed by atoms with van der Waals surface area (Å²) in [6.45, 7) is 4.57. The Labute approximate surface area is 112 Å². The summed E-state index contributed by atoms with van der Waals surface area (Å²) in [6.07, 6.45) is 0.660. The molecule has 96 valence electrons. The van der Waals surface area contributed by atoms with Crippen LogP contribution in [0.3, 0.4) is 0 Å². The molecular weight excluding hydrogens is 248 g/mol. The van der Waals surface area contributed by atoms with E-state index < -0.39 is 0 Å². The molecule has 1 aliphatic heterocycles. The van der Waals surface area contributed by atoms with Gasteiger partial charge in [0.05, 0.1) is 6.61 Å². The van der Waals surface area contributed by atoms with Crippen LogP contribution >= 0.6 is 12.2 Å². The van der Waals surface area contributed by atoms with Crippen LogP contribution in [0.1, 0.15) is 17.5 Å². The summed E-state index contributed by atoms with van der Waals surface area (Å²) in [5.41, 5.74) is 3.35. The van der Waals surface area contributed by atoms with Gasteiger partial charge in [0.15, 0.2) is 5.11 Å². The second-order valence-electron chi connectivity index (χ2n) is 4.41. The van der Waals surface area contributed by atoms with Crippen molar-refractivity contribution >= 4 is 29.0 Å². The van der Waals surface area contributed by atoms with Gasteiger partial charge in [-0.2, -0.15) is 0 Å². The van der Waals surface area contributed by atoms with Crippen molar-refractivity contribution in [3.05, 3.63) is 29.3 Å². The van der Waals surface area contributed by atoms with Gasteiger partial charge in [-0.1, -0.05) is 6.07 Å². The molecule has 1 atom stereocenters. The normalized spacial score (nSPS) is 18.3. The average molecular weight is 264 g/mol. The Balaban J connectivity index is 1.94. The van der Waals surface area contributed by atoms with E-state index in [2.05, 4.69) is 17.6 Å². The minimum absolute atomic E-state index is 0.237. The first kappa shape index (κ1) is 12.8. The van der Waals surface area contributed by atoms with E-state index in [1.807, 2.05) is 25.1 Å². The highest BCUT2D eigenvalue weighted by atomic mass is 32.1. The van der Waals surface area contributed by atoms with Crippen LogP contribution < -0.4 is 10.6 Å². The third-order valence-corrected chi connectivity index (χ3v) is 3.23. The lowest BCUT2D eigenvalue weighted by atomic mass is 10.1.